The Morgan fingerprint density at radius 3 is 2.15 bits per heavy atom. The number of hydrogen-bond acceptors (Lipinski definition) is 3. The largest absolute Gasteiger partial charge is 0.309 e. The smallest absolute Gasteiger partial charge is 0.0126 e. The maximum Gasteiger partial charge on any atom is 0.0126 e. The van der Waals surface area contributed by atoms with E-state index in [2.05, 4.69) is 36.8 Å². The maximum atomic E-state index is 3.10. The van der Waals surface area contributed by atoms with Crippen LogP contribution in [0.1, 0.15) is 27.2 Å². The third-order valence-electron chi connectivity index (χ3n) is 1.70. The Hall–Kier alpha value is -0.120. The summed E-state index contributed by atoms with van der Waals surface area (Å²) in [6.45, 7) is 8.48. The van der Waals surface area contributed by atoms with Crippen molar-refractivity contribution in [2.75, 3.05) is 34.2 Å². The van der Waals surface area contributed by atoms with Crippen LogP contribution in [0.2, 0.25) is 0 Å². The highest BCUT2D eigenvalue weighted by atomic mass is 15.3. The first-order valence-electron chi connectivity index (χ1n) is 5.21. The molecule has 3 heteroatoms. The van der Waals surface area contributed by atoms with Crippen LogP contribution in [-0.4, -0.2) is 39.1 Å². The molecule has 0 fully saturated rings. The van der Waals surface area contributed by atoms with Crippen LogP contribution in [0.15, 0.2) is 0 Å². The van der Waals surface area contributed by atoms with Crippen LogP contribution in [0.5, 0.6) is 0 Å². The monoisotopic (exact) mass is 189 g/mol. The molecular weight excluding hydrogens is 162 g/mol. The Morgan fingerprint density at radius 2 is 1.77 bits per heavy atom. The second kappa shape index (κ2) is 11.9. The van der Waals surface area contributed by atoms with Crippen molar-refractivity contribution < 1.29 is 0 Å². The van der Waals surface area contributed by atoms with Crippen LogP contribution in [0, 0.1) is 5.92 Å². The Labute approximate surface area is 83.9 Å². The summed E-state index contributed by atoms with van der Waals surface area (Å²) < 4.78 is 0. The molecule has 0 saturated heterocycles. The Bertz CT molecular complexity index is 84.2. The lowest BCUT2D eigenvalue weighted by Crippen LogP contribution is -2.32. The maximum absolute atomic E-state index is 3.10. The second-order valence-electron chi connectivity index (χ2n) is 3.33. The normalized spacial score (nSPS) is 12.2. The van der Waals surface area contributed by atoms with E-state index < -0.39 is 0 Å². The van der Waals surface area contributed by atoms with Crippen molar-refractivity contribution in [2.45, 2.75) is 27.2 Å². The SMILES string of the molecule is CC.CNNCC(C)CCN(C)C. The molecule has 0 bridgehead atoms. The summed E-state index contributed by atoms with van der Waals surface area (Å²) in [5.74, 6) is 0.741. The highest BCUT2D eigenvalue weighted by Gasteiger charge is 2.00. The minimum Gasteiger partial charge on any atom is -0.309 e. The summed E-state index contributed by atoms with van der Waals surface area (Å²) in [6, 6.07) is 0. The first-order chi connectivity index (χ1) is 6.16. The van der Waals surface area contributed by atoms with Crippen LogP contribution in [0.3, 0.4) is 0 Å². The summed E-state index contributed by atoms with van der Waals surface area (Å²) >= 11 is 0. The molecule has 0 aromatic carbocycles. The predicted octanol–water partition coefficient (Wildman–Crippen LogP) is 1.32. The van der Waals surface area contributed by atoms with Crippen LogP contribution in [-0.2, 0) is 0 Å². The molecule has 2 N–H and O–H groups in total. The molecule has 13 heavy (non-hydrogen) atoms. The summed E-state index contributed by atoms with van der Waals surface area (Å²) in [5, 5.41) is 0. The lowest BCUT2D eigenvalue weighted by molar-refractivity contribution is 0.347. The molecule has 0 radical (unpaired) electrons. The minimum atomic E-state index is 0.741. The van der Waals surface area contributed by atoms with Crippen molar-refractivity contribution in [1.29, 1.82) is 0 Å². The summed E-state index contributed by atoms with van der Waals surface area (Å²) in [5.41, 5.74) is 6.03. The van der Waals surface area contributed by atoms with E-state index in [1.807, 2.05) is 20.9 Å². The van der Waals surface area contributed by atoms with Gasteiger partial charge in [-0.15, -0.1) is 0 Å². The molecule has 0 aromatic rings. The number of hydrazine groups is 1. The van der Waals surface area contributed by atoms with E-state index in [0.29, 0.717) is 0 Å². The summed E-state index contributed by atoms with van der Waals surface area (Å²) in [6.07, 6.45) is 1.25. The van der Waals surface area contributed by atoms with Crippen LogP contribution < -0.4 is 10.9 Å². The molecule has 1 atom stereocenters. The van der Waals surface area contributed by atoms with E-state index in [0.717, 1.165) is 12.5 Å². The Kier molecular flexibility index (Phi) is 14.0. The van der Waals surface area contributed by atoms with Gasteiger partial charge in [0.2, 0.25) is 0 Å². The van der Waals surface area contributed by atoms with Gasteiger partial charge in [-0.2, -0.15) is 0 Å². The quantitative estimate of drug-likeness (QED) is 0.617. The molecular formula is C10H27N3. The van der Waals surface area contributed by atoms with E-state index in [1.165, 1.54) is 13.0 Å². The molecule has 0 aliphatic rings. The highest BCUT2D eigenvalue weighted by molar-refractivity contribution is 4.56. The predicted molar refractivity (Wildman–Crippen MR) is 60.7 cm³/mol. The van der Waals surface area contributed by atoms with E-state index >= 15 is 0 Å². The van der Waals surface area contributed by atoms with Gasteiger partial charge in [0, 0.05) is 6.54 Å². The molecule has 0 aliphatic heterocycles. The van der Waals surface area contributed by atoms with Gasteiger partial charge in [-0.25, -0.2) is 0 Å². The third-order valence-corrected chi connectivity index (χ3v) is 1.70. The van der Waals surface area contributed by atoms with Crippen molar-refractivity contribution >= 4 is 0 Å². The molecule has 0 amide bonds. The Morgan fingerprint density at radius 1 is 1.23 bits per heavy atom. The summed E-state index contributed by atoms with van der Waals surface area (Å²) in [7, 11) is 6.12. The van der Waals surface area contributed by atoms with Crippen molar-refractivity contribution in [3.63, 3.8) is 0 Å². The van der Waals surface area contributed by atoms with E-state index in [-0.39, 0.29) is 0 Å². The summed E-state index contributed by atoms with van der Waals surface area (Å²) in [4.78, 5) is 2.22. The first kappa shape index (κ1) is 15.4. The molecule has 0 rings (SSSR count). The fourth-order valence-electron chi connectivity index (χ4n) is 0.857. The van der Waals surface area contributed by atoms with Crippen molar-refractivity contribution in [2.24, 2.45) is 5.92 Å². The Balaban J connectivity index is 0. The molecule has 1 unspecified atom stereocenters. The van der Waals surface area contributed by atoms with Crippen molar-refractivity contribution in [1.82, 2.24) is 15.8 Å². The standard InChI is InChI=1S/C8H21N3.C2H6/c1-8(7-10-9-2)5-6-11(3)4;1-2/h8-10H,5-7H2,1-4H3;1-2H3. The lowest BCUT2D eigenvalue weighted by Gasteiger charge is -2.15. The van der Waals surface area contributed by atoms with Gasteiger partial charge in [0.1, 0.15) is 0 Å². The van der Waals surface area contributed by atoms with Gasteiger partial charge >= 0.3 is 0 Å². The van der Waals surface area contributed by atoms with E-state index in [4.69, 9.17) is 0 Å². The van der Waals surface area contributed by atoms with Gasteiger partial charge in [0.25, 0.3) is 0 Å². The fraction of sp³-hybridized carbons (Fsp3) is 1.00. The average Bonchev–Trinajstić information content (AvgIpc) is 2.14. The van der Waals surface area contributed by atoms with Crippen molar-refractivity contribution in [3.8, 4) is 0 Å². The average molecular weight is 189 g/mol. The van der Waals surface area contributed by atoms with Crippen LogP contribution in [0.25, 0.3) is 0 Å². The molecule has 82 valence electrons. The van der Waals surface area contributed by atoms with E-state index in [1.54, 1.807) is 0 Å². The van der Waals surface area contributed by atoms with Gasteiger partial charge in [-0.1, -0.05) is 20.8 Å². The highest BCUT2D eigenvalue weighted by Crippen LogP contribution is 1.99. The zero-order valence-corrected chi connectivity index (χ0v) is 10.1. The molecule has 0 aromatic heterocycles. The van der Waals surface area contributed by atoms with Gasteiger partial charge < -0.3 is 4.90 Å². The fourth-order valence-corrected chi connectivity index (χ4v) is 0.857. The zero-order valence-electron chi connectivity index (χ0n) is 10.1. The molecule has 3 nitrogen and oxygen atoms in total. The number of hydrogen-bond donors (Lipinski definition) is 2. The van der Waals surface area contributed by atoms with Gasteiger partial charge in [0.05, 0.1) is 0 Å². The third kappa shape index (κ3) is 14.7. The molecule has 0 spiro atoms. The van der Waals surface area contributed by atoms with Gasteiger partial charge in [0.15, 0.2) is 0 Å². The van der Waals surface area contributed by atoms with Crippen LogP contribution in [0.4, 0.5) is 0 Å². The number of nitrogens with one attached hydrogen (secondary N) is 2. The second-order valence-corrected chi connectivity index (χ2v) is 3.33. The molecule has 0 aliphatic carbocycles. The van der Waals surface area contributed by atoms with Crippen molar-refractivity contribution in [3.05, 3.63) is 0 Å². The first-order valence-corrected chi connectivity index (χ1v) is 5.21. The minimum absolute atomic E-state index is 0.741. The molecule has 0 heterocycles. The number of nitrogens with zero attached hydrogens (tertiary/aromatic N) is 1. The van der Waals surface area contributed by atoms with E-state index in [9.17, 15) is 0 Å². The molecule has 0 saturated carbocycles. The number of rotatable bonds is 6. The van der Waals surface area contributed by atoms with Gasteiger partial charge in [-0.3, -0.25) is 10.9 Å². The topological polar surface area (TPSA) is 27.3 Å². The van der Waals surface area contributed by atoms with Crippen LogP contribution >= 0.6 is 0 Å². The zero-order chi connectivity index (χ0) is 10.7. The van der Waals surface area contributed by atoms with Gasteiger partial charge in [-0.05, 0) is 40.0 Å². The lowest BCUT2D eigenvalue weighted by atomic mass is 10.1.